The van der Waals surface area contributed by atoms with Crippen LogP contribution in [0, 0.1) is 6.92 Å². The number of aryl methyl sites for hydroxylation is 1. The molecular formula is C18H24N2O. The lowest BCUT2D eigenvalue weighted by atomic mass is 9.97. The van der Waals surface area contributed by atoms with Crippen molar-refractivity contribution in [2.45, 2.75) is 32.7 Å². The Labute approximate surface area is 127 Å². The number of pyridine rings is 1. The van der Waals surface area contributed by atoms with Crippen molar-refractivity contribution in [3.8, 4) is 5.75 Å². The first kappa shape index (κ1) is 15.5. The number of rotatable bonds is 7. The molecular weight excluding hydrogens is 260 g/mol. The first-order valence-corrected chi connectivity index (χ1v) is 7.51. The van der Waals surface area contributed by atoms with Gasteiger partial charge in [-0.05, 0) is 50.1 Å². The van der Waals surface area contributed by atoms with Gasteiger partial charge in [-0.1, -0.05) is 24.6 Å². The van der Waals surface area contributed by atoms with E-state index >= 15 is 0 Å². The highest BCUT2D eigenvalue weighted by Crippen LogP contribution is 2.28. The van der Waals surface area contributed by atoms with Crippen LogP contribution >= 0.6 is 0 Å². The first-order valence-electron chi connectivity index (χ1n) is 7.51. The number of benzene rings is 1. The van der Waals surface area contributed by atoms with Gasteiger partial charge in [0.2, 0.25) is 0 Å². The van der Waals surface area contributed by atoms with E-state index in [4.69, 9.17) is 4.74 Å². The van der Waals surface area contributed by atoms with E-state index in [1.54, 1.807) is 7.11 Å². The molecule has 0 radical (unpaired) electrons. The molecule has 0 fully saturated rings. The predicted octanol–water partition coefficient (Wildman–Crippen LogP) is 3.68. The standard InChI is InChI=1S/C18H24N2O/c1-4-9-20-17(13-15-7-10-19-11-8-15)16-12-14(2)5-6-18(16)21-3/h5-8,10-12,17,20H,4,9,13H2,1-3H3. The lowest BCUT2D eigenvalue weighted by Crippen LogP contribution is -2.24. The van der Waals surface area contributed by atoms with E-state index in [1.807, 2.05) is 12.4 Å². The van der Waals surface area contributed by atoms with Crippen molar-refractivity contribution in [3.05, 3.63) is 59.4 Å². The second-order valence-corrected chi connectivity index (χ2v) is 5.31. The zero-order valence-corrected chi connectivity index (χ0v) is 13.1. The number of methoxy groups -OCH3 is 1. The molecule has 1 aromatic carbocycles. The molecule has 0 aliphatic rings. The normalized spacial score (nSPS) is 12.1. The van der Waals surface area contributed by atoms with Crippen molar-refractivity contribution in [3.63, 3.8) is 0 Å². The molecule has 2 aromatic rings. The Morgan fingerprint density at radius 1 is 1.19 bits per heavy atom. The van der Waals surface area contributed by atoms with E-state index in [-0.39, 0.29) is 6.04 Å². The fourth-order valence-corrected chi connectivity index (χ4v) is 2.49. The fraction of sp³-hybridized carbons (Fsp3) is 0.389. The smallest absolute Gasteiger partial charge is 0.123 e. The Morgan fingerprint density at radius 2 is 1.95 bits per heavy atom. The highest BCUT2D eigenvalue weighted by Gasteiger charge is 2.16. The van der Waals surface area contributed by atoms with Crippen LogP contribution in [0.2, 0.25) is 0 Å². The van der Waals surface area contributed by atoms with Crippen molar-refractivity contribution in [1.29, 1.82) is 0 Å². The number of ether oxygens (including phenoxy) is 1. The molecule has 0 bridgehead atoms. The molecule has 2 rings (SSSR count). The molecule has 0 aliphatic carbocycles. The number of hydrogen-bond donors (Lipinski definition) is 1. The monoisotopic (exact) mass is 284 g/mol. The van der Waals surface area contributed by atoms with Gasteiger partial charge < -0.3 is 10.1 Å². The highest BCUT2D eigenvalue weighted by molar-refractivity contribution is 5.40. The highest BCUT2D eigenvalue weighted by atomic mass is 16.5. The van der Waals surface area contributed by atoms with Crippen molar-refractivity contribution in [2.24, 2.45) is 0 Å². The molecule has 0 spiro atoms. The number of hydrogen-bond acceptors (Lipinski definition) is 3. The maximum Gasteiger partial charge on any atom is 0.123 e. The lowest BCUT2D eigenvalue weighted by Gasteiger charge is -2.22. The third kappa shape index (κ3) is 4.30. The summed E-state index contributed by atoms with van der Waals surface area (Å²) in [5.41, 5.74) is 3.76. The van der Waals surface area contributed by atoms with E-state index in [2.05, 4.69) is 54.5 Å². The molecule has 1 unspecified atom stereocenters. The summed E-state index contributed by atoms with van der Waals surface area (Å²) in [4.78, 5) is 4.09. The van der Waals surface area contributed by atoms with Gasteiger partial charge in [-0.15, -0.1) is 0 Å². The minimum Gasteiger partial charge on any atom is -0.496 e. The summed E-state index contributed by atoms with van der Waals surface area (Å²) >= 11 is 0. The fourth-order valence-electron chi connectivity index (χ4n) is 2.49. The number of nitrogens with zero attached hydrogens (tertiary/aromatic N) is 1. The van der Waals surface area contributed by atoms with Crippen LogP contribution in [0.4, 0.5) is 0 Å². The van der Waals surface area contributed by atoms with Crippen LogP contribution in [0.1, 0.15) is 36.1 Å². The zero-order valence-electron chi connectivity index (χ0n) is 13.1. The van der Waals surface area contributed by atoms with E-state index in [9.17, 15) is 0 Å². The van der Waals surface area contributed by atoms with E-state index < -0.39 is 0 Å². The average molecular weight is 284 g/mol. The van der Waals surface area contributed by atoms with Gasteiger partial charge in [0.15, 0.2) is 0 Å². The second kappa shape index (κ2) is 7.79. The quantitative estimate of drug-likeness (QED) is 0.842. The molecule has 21 heavy (non-hydrogen) atoms. The Kier molecular flexibility index (Phi) is 5.76. The summed E-state index contributed by atoms with van der Waals surface area (Å²) in [7, 11) is 1.73. The van der Waals surface area contributed by atoms with E-state index in [1.165, 1.54) is 16.7 Å². The van der Waals surface area contributed by atoms with Crippen LogP contribution in [-0.2, 0) is 6.42 Å². The van der Waals surface area contributed by atoms with E-state index in [0.29, 0.717) is 0 Å². The van der Waals surface area contributed by atoms with Gasteiger partial charge in [-0.3, -0.25) is 4.98 Å². The number of nitrogens with one attached hydrogen (secondary N) is 1. The second-order valence-electron chi connectivity index (χ2n) is 5.31. The van der Waals surface area contributed by atoms with Crippen LogP contribution in [0.25, 0.3) is 0 Å². The summed E-state index contributed by atoms with van der Waals surface area (Å²) in [6, 6.07) is 10.8. The summed E-state index contributed by atoms with van der Waals surface area (Å²) in [5.74, 6) is 0.947. The lowest BCUT2D eigenvalue weighted by molar-refractivity contribution is 0.398. The van der Waals surface area contributed by atoms with Crippen LogP contribution < -0.4 is 10.1 Å². The van der Waals surface area contributed by atoms with Gasteiger partial charge in [0, 0.05) is 24.0 Å². The molecule has 1 N–H and O–H groups in total. The van der Waals surface area contributed by atoms with Gasteiger partial charge in [0.1, 0.15) is 5.75 Å². The van der Waals surface area contributed by atoms with Gasteiger partial charge in [-0.25, -0.2) is 0 Å². The minimum absolute atomic E-state index is 0.252. The molecule has 3 nitrogen and oxygen atoms in total. The maximum atomic E-state index is 5.55. The molecule has 0 saturated carbocycles. The van der Waals surface area contributed by atoms with Gasteiger partial charge in [-0.2, -0.15) is 0 Å². The Hall–Kier alpha value is -1.87. The maximum absolute atomic E-state index is 5.55. The molecule has 1 heterocycles. The predicted molar refractivity (Wildman–Crippen MR) is 86.7 cm³/mol. The van der Waals surface area contributed by atoms with Gasteiger partial charge in [0.25, 0.3) is 0 Å². The summed E-state index contributed by atoms with van der Waals surface area (Å²) < 4.78 is 5.55. The molecule has 1 aromatic heterocycles. The Morgan fingerprint density at radius 3 is 2.62 bits per heavy atom. The summed E-state index contributed by atoms with van der Waals surface area (Å²) in [6.45, 7) is 5.29. The zero-order chi connectivity index (χ0) is 15.1. The van der Waals surface area contributed by atoms with Gasteiger partial charge in [0.05, 0.1) is 7.11 Å². The van der Waals surface area contributed by atoms with Crippen molar-refractivity contribution < 1.29 is 4.74 Å². The van der Waals surface area contributed by atoms with Crippen molar-refractivity contribution >= 4 is 0 Å². The largest absolute Gasteiger partial charge is 0.496 e. The number of aromatic nitrogens is 1. The minimum atomic E-state index is 0.252. The summed E-state index contributed by atoms with van der Waals surface area (Å²) in [5, 5.41) is 3.64. The van der Waals surface area contributed by atoms with Crippen molar-refractivity contribution in [2.75, 3.05) is 13.7 Å². The summed E-state index contributed by atoms with van der Waals surface area (Å²) in [6.07, 6.45) is 5.74. The molecule has 112 valence electrons. The molecule has 0 amide bonds. The van der Waals surface area contributed by atoms with Crippen molar-refractivity contribution in [1.82, 2.24) is 10.3 Å². The Balaban J connectivity index is 2.28. The van der Waals surface area contributed by atoms with Crippen LogP contribution in [0.5, 0.6) is 5.75 Å². The van der Waals surface area contributed by atoms with Crippen LogP contribution in [0.3, 0.4) is 0 Å². The molecule has 1 atom stereocenters. The molecule has 3 heteroatoms. The SMILES string of the molecule is CCCNC(Cc1ccncc1)c1cc(C)ccc1OC. The van der Waals surface area contributed by atoms with Crippen LogP contribution in [-0.4, -0.2) is 18.6 Å². The third-order valence-corrected chi connectivity index (χ3v) is 3.59. The van der Waals surface area contributed by atoms with Crippen LogP contribution in [0.15, 0.2) is 42.7 Å². The molecule has 0 aliphatic heterocycles. The third-order valence-electron chi connectivity index (χ3n) is 3.59. The van der Waals surface area contributed by atoms with Gasteiger partial charge >= 0.3 is 0 Å². The van der Waals surface area contributed by atoms with E-state index in [0.717, 1.165) is 25.1 Å². The topological polar surface area (TPSA) is 34.2 Å². The molecule has 0 saturated heterocycles. The average Bonchev–Trinajstić information content (AvgIpc) is 2.52. The first-order chi connectivity index (χ1) is 10.2. The Bertz CT molecular complexity index is 554.